The van der Waals surface area contributed by atoms with Crippen LogP contribution in [-0.2, 0) is 4.79 Å². The van der Waals surface area contributed by atoms with Crippen LogP contribution in [0.2, 0.25) is 0 Å². The molecule has 1 aliphatic heterocycles. The average molecular weight is 267 g/mol. The minimum atomic E-state index is -0.0300. The van der Waals surface area contributed by atoms with Crippen molar-refractivity contribution in [2.75, 3.05) is 19.6 Å². The molecule has 2 rings (SSSR count). The van der Waals surface area contributed by atoms with Gasteiger partial charge in [-0.2, -0.15) is 0 Å². The van der Waals surface area contributed by atoms with Crippen LogP contribution in [-0.4, -0.2) is 42.5 Å². The highest BCUT2D eigenvalue weighted by Gasteiger charge is 2.31. The van der Waals surface area contributed by atoms with Crippen LogP contribution >= 0.6 is 0 Å². The number of nitrogens with zero attached hydrogens (tertiary/aromatic N) is 1. The Labute approximate surface area is 115 Å². The minimum absolute atomic E-state index is 0.0286. The van der Waals surface area contributed by atoms with Crippen LogP contribution in [0.5, 0.6) is 0 Å². The van der Waals surface area contributed by atoms with E-state index in [9.17, 15) is 9.59 Å². The Morgan fingerprint density at radius 3 is 2.63 bits per heavy atom. The quantitative estimate of drug-likeness (QED) is 0.807. The number of likely N-dealkylation sites (tertiary alicyclic amines) is 1. The van der Waals surface area contributed by atoms with Gasteiger partial charge < -0.3 is 15.5 Å². The van der Waals surface area contributed by atoms with E-state index < -0.39 is 0 Å². The molecule has 0 aromatic carbocycles. The molecule has 5 heteroatoms. The molecule has 108 valence electrons. The molecular formula is C14H25N3O2. The fourth-order valence-corrected chi connectivity index (χ4v) is 2.33. The van der Waals surface area contributed by atoms with Crippen LogP contribution < -0.4 is 10.6 Å². The van der Waals surface area contributed by atoms with E-state index in [2.05, 4.69) is 24.5 Å². The summed E-state index contributed by atoms with van der Waals surface area (Å²) in [5.41, 5.74) is 0. The van der Waals surface area contributed by atoms with Gasteiger partial charge in [-0.25, -0.2) is 4.79 Å². The minimum Gasteiger partial charge on any atom is -0.353 e. The Bertz CT molecular complexity index is 340. The molecule has 5 nitrogen and oxygen atoms in total. The number of rotatable bonds is 4. The molecular weight excluding hydrogens is 242 g/mol. The van der Waals surface area contributed by atoms with Gasteiger partial charge in [0.25, 0.3) is 0 Å². The van der Waals surface area contributed by atoms with Crippen molar-refractivity contribution in [2.45, 2.75) is 45.6 Å². The zero-order chi connectivity index (χ0) is 13.8. The summed E-state index contributed by atoms with van der Waals surface area (Å²) in [6, 6.07) is 0.371. The van der Waals surface area contributed by atoms with Crippen molar-refractivity contribution < 1.29 is 9.59 Å². The summed E-state index contributed by atoms with van der Waals surface area (Å²) in [6.45, 7) is 6.15. The van der Waals surface area contributed by atoms with Gasteiger partial charge >= 0.3 is 6.03 Å². The Balaban J connectivity index is 1.78. The highest BCUT2D eigenvalue weighted by Crippen LogP contribution is 2.22. The van der Waals surface area contributed by atoms with E-state index in [-0.39, 0.29) is 17.9 Å². The molecule has 1 unspecified atom stereocenters. The van der Waals surface area contributed by atoms with Gasteiger partial charge in [0.1, 0.15) is 0 Å². The van der Waals surface area contributed by atoms with Gasteiger partial charge in [0, 0.05) is 25.7 Å². The average Bonchev–Trinajstić information content (AvgIpc) is 3.20. The second kappa shape index (κ2) is 6.26. The normalized spacial score (nSPS) is 23.3. The predicted octanol–water partition coefficient (Wildman–Crippen LogP) is 1.34. The van der Waals surface area contributed by atoms with Crippen molar-refractivity contribution in [3.05, 3.63) is 0 Å². The fourth-order valence-electron chi connectivity index (χ4n) is 2.33. The van der Waals surface area contributed by atoms with E-state index in [4.69, 9.17) is 0 Å². The third-order valence-corrected chi connectivity index (χ3v) is 3.66. The maximum absolute atomic E-state index is 12.0. The first-order valence-corrected chi connectivity index (χ1v) is 7.39. The van der Waals surface area contributed by atoms with Gasteiger partial charge in [0.15, 0.2) is 0 Å². The monoisotopic (exact) mass is 267 g/mol. The number of hydrogen-bond donors (Lipinski definition) is 2. The lowest BCUT2D eigenvalue weighted by molar-refractivity contribution is -0.126. The predicted molar refractivity (Wildman–Crippen MR) is 73.7 cm³/mol. The molecule has 1 saturated carbocycles. The molecule has 0 aromatic heterocycles. The lowest BCUT2D eigenvalue weighted by Gasteiger charge is -2.32. The molecule has 1 atom stereocenters. The van der Waals surface area contributed by atoms with E-state index >= 15 is 0 Å². The van der Waals surface area contributed by atoms with E-state index in [1.807, 2.05) is 0 Å². The van der Waals surface area contributed by atoms with Crippen molar-refractivity contribution in [1.29, 1.82) is 0 Å². The van der Waals surface area contributed by atoms with Crippen molar-refractivity contribution in [1.82, 2.24) is 15.5 Å². The van der Waals surface area contributed by atoms with E-state index in [0.717, 1.165) is 32.2 Å². The van der Waals surface area contributed by atoms with Gasteiger partial charge in [-0.15, -0.1) is 0 Å². The highest BCUT2D eigenvalue weighted by molar-refractivity contribution is 5.81. The number of urea groups is 1. The molecule has 1 aliphatic carbocycles. The fraction of sp³-hybridized carbons (Fsp3) is 0.857. The molecule has 2 N–H and O–H groups in total. The molecule has 1 saturated heterocycles. The second-order valence-corrected chi connectivity index (χ2v) is 6.15. The molecule has 2 fully saturated rings. The first-order chi connectivity index (χ1) is 9.06. The summed E-state index contributed by atoms with van der Waals surface area (Å²) in [4.78, 5) is 25.8. The molecule has 1 heterocycles. The van der Waals surface area contributed by atoms with Crippen LogP contribution in [0, 0.1) is 11.8 Å². The summed E-state index contributed by atoms with van der Waals surface area (Å²) in [5.74, 6) is 0.547. The van der Waals surface area contributed by atoms with Crippen molar-refractivity contribution >= 4 is 11.9 Å². The molecule has 0 bridgehead atoms. The summed E-state index contributed by atoms with van der Waals surface area (Å²) in [5, 5.41) is 5.96. The van der Waals surface area contributed by atoms with Crippen LogP contribution in [0.3, 0.4) is 0 Å². The number of hydrogen-bond acceptors (Lipinski definition) is 2. The van der Waals surface area contributed by atoms with Crippen molar-refractivity contribution in [2.24, 2.45) is 11.8 Å². The van der Waals surface area contributed by atoms with Gasteiger partial charge in [-0.1, -0.05) is 13.8 Å². The van der Waals surface area contributed by atoms with Crippen LogP contribution in [0.15, 0.2) is 0 Å². The molecule has 0 radical (unpaired) electrons. The molecule has 0 spiro atoms. The van der Waals surface area contributed by atoms with Crippen LogP contribution in [0.25, 0.3) is 0 Å². The summed E-state index contributed by atoms with van der Waals surface area (Å²) >= 11 is 0. The Kier molecular flexibility index (Phi) is 4.66. The summed E-state index contributed by atoms with van der Waals surface area (Å²) in [6.07, 6.45) is 4.03. The van der Waals surface area contributed by atoms with E-state index in [0.29, 0.717) is 25.0 Å². The third-order valence-electron chi connectivity index (χ3n) is 3.66. The molecule has 2 aliphatic rings. The maximum Gasteiger partial charge on any atom is 0.317 e. The number of piperidine rings is 1. The van der Waals surface area contributed by atoms with Gasteiger partial charge in [-0.3, -0.25) is 4.79 Å². The van der Waals surface area contributed by atoms with E-state index in [1.165, 1.54) is 0 Å². The van der Waals surface area contributed by atoms with Crippen molar-refractivity contribution in [3.8, 4) is 0 Å². The Morgan fingerprint density at radius 2 is 2.00 bits per heavy atom. The first-order valence-electron chi connectivity index (χ1n) is 7.39. The highest BCUT2D eigenvalue weighted by atomic mass is 16.2. The zero-order valence-corrected chi connectivity index (χ0v) is 11.9. The Morgan fingerprint density at radius 1 is 1.26 bits per heavy atom. The van der Waals surface area contributed by atoms with Gasteiger partial charge in [-0.05, 0) is 31.6 Å². The SMILES string of the molecule is CC(C)CNC(=O)N1CCCC(C(=O)NC2CC2)C1. The molecule has 3 amide bonds. The lowest BCUT2D eigenvalue weighted by Crippen LogP contribution is -2.49. The number of carbonyl (C=O) groups is 2. The van der Waals surface area contributed by atoms with Gasteiger partial charge in [0.05, 0.1) is 5.92 Å². The number of amides is 3. The topological polar surface area (TPSA) is 61.4 Å². The standard InChI is InChI=1S/C14H25N3O2/c1-10(2)8-15-14(19)17-7-3-4-11(9-17)13(18)16-12-5-6-12/h10-12H,3-9H2,1-2H3,(H,15,19)(H,16,18). The number of carbonyl (C=O) groups excluding carboxylic acids is 2. The summed E-state index contributed by atoms with van der Waals surface area (Å²) < 4.78 is 0. The lowest BCUT2D eigenvalue weighted by atomic mass is 9.97. The van der Waals surface area contributed by atoms with Crippen LogP contribution in [0.1, 0.15) is 39.5 Å². The smallest absolute Gasteiger partial charge is 0.317 e. The first kappa shape index (κ1) is 14.2. The second-order valence-electron chi connectivity index (χ2n) is 6.15. The van der Waals surface area contributed by atoms with Crippen LogP contribution in [0.4, 0.5) is 4.79 Å². The number of nitrogens with one attached hydrogen (secondary N) is 2. The molecule has 19 heavy (non-hydrogen) atoms. The van der Waals surface area contributed by atoms with E-state index in [1.54, 1.807) is 4.90 Å². The third kappa shape index (κ3) is 4.40. The zero-order valence-electron chi connectivity index (χ0n) is 11.9. The van der Waals surface area contributed by atoms with Crippen molar-refractivity contribution in [3.63, 3.8) is 0 Å². The maximum atomic E-state index is 12.0. The van der Waals surface area contributed by atoms with Gasteiger partial charge in [0.2, 0.25) is 5.91 Å². The Hall–Kier alpha value is -1.26. The molecule has 0 aromatic rings. The summed E-state index contributed by atoms with van der Waals surface area (Å²) in [7, 11) is 0. The largest absolute Gasteiger partial charge is 0.353 e.